The predicted molar refractivity (Wildman–Crippen MR) is 84.0 cm³/mol. The molecule has 0 aliphatic carbocycles. The molecule has 1 amide bonds. The summed E-state index contributed by atoms with van der Waals surface area (Å²) in [4.78, 5) is 12.4. The quantitative estimate of drug-likeness (QED) is 0.757. The van der Waals surface area contributed by atoms with Crippen LogP contribution < -0.4 is 10.6 Å². The second-order valence-electron chi connectivity index (χ2n) is 5.49. The van der Waals surface area contributed by atoms with E-state index in [0.717, 1.165) is 44.5 Å². The lowest BCUT2D eigenvalue weighted by atomic mass is 9.89. The number of ether oxygens (including phenoxy) is 1. The summed E-state index contributed by atoms with van der Waals surface area (Å²) in [7, 11) is 0. The van der Waals surface area contributed by atoms with Crippen molar-refractivity contribution < 1.29 is 9.53 Å². The number of hydrogen-bond donors (Lipinski definition) is 2. The molecule has 0 spiro atoms. The first-order valence-corrected chi connectivity index (χ1v) is 7.98. The molecule has 1 heterocycles. The zero-order chi connectivity index (χ0) is 14.9. The van der Waals surface area contributed by atoms with Crippen molar-refractivity contribution in [3.05, 3.63) is 35.9 Å². The molecule has 0 radical (unpaired) electrons. The van der Waals surface area contributed by atoms with Crippen LogP contribution in [-0.4, -0.2) is 32.1 Å². The van der Waals surface area contributed by atoms with E-state index in [4.69, 9.17) is 4.74 Å². The topological polar surface area (TPSA) is 50.4 Å². The van der Waals surface area contributed by atoms with Crippen molar-refractivity contribution in [2.24, 2.45) is 5.92 Å². The van der Waals surface area contributed by atoms with E-state index in [1.54, 1.807) is 0 Å². The van der Waals surface area contributed by atoms with Gasteiger partial charge >= 0.3 is 0 Å². The highest BCUT2D eigenvalue weighted by Crippen LogP contribution is 2.33. The van der Waals surface area contributed by atoms with E-state index >= 15 is 0 Å². The Balaban J connectivity index is 1.88. The summed E-state index contributed by atoms with van der Waals surface area (Å²) in [5.41, 5.74) is 1.10. The fourth-order valence-corrected chi connectivity index (χ4v) is 2.73. The van der Waals surface area contributed by atoms with Gasteiger partial charge in [-0.1, -0.05) is 37.3 Å². The van der Waals surface area contributed by atoms with Crippen molar-refractivity contribution in [2.45, 2.75) is 32.3 Å². The van der Waals surface area contributed by atoms with Crippen LogP contribution in [0.15, 0.2) is 30.3 Å². The monoisotopic (exact) mass is 290 g/mol. The third-order valence-electron chi connectivity index (χ3n) is 3.81. The van der Waals surface area contributed by atoms with Gasteiger partial charge in [-0.25, -0.2) is 0 Å². The lowest BCUT2D eigenvalue weighted by Crippen LogP contribution is -2.40. The van der Waals surface area contributed by atoms with E-state index in [1.807, 2.05) is 30.3 Å². The number of carbonyl (C=O) groups is 1. The van der Waals surface area contributed by atoms with Crippen LogP contribution in [0.2, 0.25) is 0 Å². The Kier molecular flexibility index (Phi) is 6.70. The van der Waals surface area contributed by atoms with Gasteiger partial charge in [0, 0.05) is 19.7 Å². The maximum atomic E-state index is 12.4. The Labute approximate surface area is 127 Å². The number of amides is 1. The standard InChI is InChI=1S/C17H26N2O2/c1-2-10-18-11-12-19-17(20)15-9-6-13-21-16(15)14-7-4-3-5-8-14/h3-5,7-8,15-16,18H,2,6,9-13H2,1H3,(H,19,20). The molecule has 2 rings (SSSR count). The first kappa shape index (κ1) is 16.0. The maximum Gasteiger partial charge on any atom is 0.226 e. The van der Waals surface area contributed by atoms with Crippen molar-refractivity contribution in [1.82, 2.24) is 10.6 Å². The Morgan fingerprint density at radius 1 is 1.24 bits per heavy atom. The molecule has 1 aromatic rings. The third kappa shape index (κ3) is 4.83. The van der Waals surface area contributed by atoms with Gasteiger partial charge in [0.1, 0.15) is 0 Å². The molecule has 116 valence electrons. The van der Waals surface area contributed by atoms with E-state index in [9.17, 15) is 4.79 Å². The fourth-order valence-electron chi connectivity index (χ4n) is 2.73. The van der Waals surface area contributed by atoms with Gasteiger partial charge in [0.15, 0.2) is 0 Å². The minimum absolute atomic E-state index is 0.0766. The van der Waals surface area contributed by atoms with Gasteiger partial charge in [0.2, 0.25) is 5.91 Å². The number of rotatable bonds is 7. The molecule has 4 heteroatoms. The maximum absolute atomic E-state index is 12.4. The summed E-state index contributed by atoms with van der Waals surface area (Å²) in [6.07, 6.45) is 2.85. The molecule has 2 N–H and O–H groups in total. The molecule has 0 aromatic heterocycles. The molecule has 0 saturated carbocycles. The highest BCUT2D eigenvalue weighted by Gasteiger charge is 2.32. The summed E-state index contributed by atoms with van der Waals surface area (Å²) >= 11 is 0. The first-order valence-electron chi connectivity index (χ1n) is 7.98. The molecule has 1 aliphatic rings. The third-order valence-corrected chi connectivity index (χ3v) is 3.81. The SMILES string of the molecule is CCCNCCNC(=O)C1CCCOC1c1ccccc1. The van der Waals surface area contributed by atoms with Crippen molar-refractivity contribution in [2.75, 3.05) is 26.2 Å². The zero-order valence-electron chi connectivity index (χ0n) is 12.8. The average molecular weight is 290 g/mol. The van der Waals surface area contributed by atoms with Gasteiger partial charge in [-0.05, 0) is 31.4 Å². The number of carbonyl (C=O) groups excluding carboxylic acids is 1. The first-order chi connectivity index (χ1) is 10.3. The Morgan fingerprint density at radius 3 is 2.81 bits per heavy atom. The molecule has 4 nitrogen and oxygen atoms in total. The van der Waals surface area contributed by atoms with Crippen molar-refractivity contribution in [3.63, 3.8) is 0 Å². The second-order valence-corrected chi connectivity index (χ2v) is 5.49. The molecule has 1 saturated heterocycles. The van der Waals surface area contributed by atoms with Crippen molar-refractivity contribution in [3.8, 4) is 0 Å². The number of nitrogens with one attached hydrogen (secondary N) is 2. The van der Waals surface area contributed by atoms with E-state index in [1.165, 1.54) is 0 Å². The Hall–Kier alpha value is -1.39. The van der Waals surface area contributed by atoms with Crippen LogP contribution in [0.5, 0.6) is 0 Å². The predicted octanol–water partition coefficient (Wildman–Crippen LogP) is 2.27. The van der Waals surface area contributed by atoms with Crippen LogP contribution in [0.25, 0.3) is 0 Å². The van der Waals surface area contributed by atoms with Crippen molar-refractivity contribution in [1.29, 1.82) is 0 Å². The summed E-state index contributed by atoms with van der Waals surface area (Å²) in [6.45, 7) is 5.37. The molecule has 2 unspecified atom stereocenters. The van der Waals surface area contributed by atoms with Crippen molar-refractivity contribution >= 4 is 5.91 Å². The Morgan fingerprint density at radius 2 is 2.05 bits per heavy atom. The summed E-state index contributed by atoms with van der Waals surface area (Å²) in [5, 5.41) is 6.32. The minimum atomic E-state index is -0.108. The minimum Gasteiger partial charge on any atom is -0.373 e. The summed E-state index contributed by atoms with van der Waals surface area (Å²) in [6, 6.07) is 10.1. The largest absolute Gasteiger partial charge is 0.373 e. The molecule has 0 bridgehead atoms. The van der Waals surface area contributed by atoms with Gasteiger partial charge in [-0.2, -0.15) is 0 Å². The smallest absolute Gasteiger partial charge is 0.226 e. The molecule has 1 aliphatic heterocycles. The van der Waals surface area contributed by atoms with Gasteiger partial charge in [-0.3, -0.25) is 4.79 Å². The molecular formula is C17H26N2O2. The summed E-state index contributed by atoms with van der Waals surface area (Å²) in [5.74, 6) is 0.0363. The van der Waals surface area contributed by atoms with Gasteiger partial charge < -0.3 is 15.4 Å². The molecule has 2 atom stereocenters. The highest BCUT2D eigenvalue weighted by molar-refractivity contribution is 5.79. The zero-order valence-corrected chi connectivity index (χ0v) is 12.8. The lowest BCUT2D eigenvalue weighted by Gasteiger charge is -2.31. The molecule has 1 fully saturated rings. The van der Waals surface area contributed by atoms with Gasteiger partial charge in [0.05, 0.1) is 12.0 Å². The van der Waals surface area contributed by atoms with Gasteiger partial charge in [0.25, 0.3) is 0 Å². The molecular weight excluding hydrogens is 264 g/mol. The molecule has 1 aromatic carbocycles. The fraction of sp³-hybridized carbons (Fsp3) is 0.588. The van der Waals surface area contributed by atoms with Crippen LogP contribution in [0.4, 0.5) is 0 Å². The lowest BCUT2D eigenvalue weighted by molar-refractivity contribution is -0.134. The number of benzene rings is 1. The van der Waals surface area contributed by atoms with E-state index in [-0.39, 0.29) is 17.9 Å². The van der Waals surface area contributed by atoms with Gasteiger partial charge in [-0.15, -0.1) is 0 Å². The highest BCUT2D eigenvalue weighted by atomic mass is 16.5. The normalized spacial score (nSPS) is 22.0. The van der Waals surface area contributed by atoms with Crippen LogP contribution in [0, 0.1) is 5.92 Å². The van der Waals surface area contributed by atoms with Crippen LogP contribution in [0.3, 0.4) is 0 Å². The Bertz CT molecular complexity index is 422. The second kappa shape index (κ2) is 8.80. The van der Waals surface area contributed by atoms with Crippen LogP contribution in [-0.2, 0) is 9.53 Å². The van der Waals surface area contributed by atoms with E-state index in [0.29, 0.717) is 6.54 Å². The number of hydrogen-bond acceptors (Lipinski definition) is 3. The summed E-state index contributed by atoms with van der Waals surface area (Å²) < 4.78 is 5.87. The average Bonchev–Trinajstić information content (AvgIpc) is 2.55. The van der Waals surface area contributed by atoms with Crippen LogP contribution in [0.1, 0.15) is 37.9 Å². The molecule has 21 heavy (non-hydrogen) atoms. The van der Waals surface area contributed by atoms with E-state index in [2.05, 4.69) is 17.6 Å². The van der Waals surface area contributed by atoms with Crippen LogP contribution >= 0.6 is 0 Å². The van der Waals surface area contributed by atoms with E-state index < -0.39 is 0 Å².